The van der Waals surface area contributed by atoms with Gasteiger partial charge in [0.25, 0.3) is 5.91 Å². The lowest BCUT2D eigenvalue weighted by atomic mass is 9.96. The fourth-order valence-corrected chi connectivity index (χ4v) is 4.71. The first kappa shape index (κ1) is 26.4. The normalized spacial score (nSPS) is 18.9. The van der Waals surface area contributed by atoms with Gasteiger partial charge in [0.2, 0.25) is 5.91 Å². The number of urea groups is 1. The third-order valence-electron chi connectivity index (χ3n) is 6.43. The Morgan fingerprint density at radius 1 is 1.08 bits per heavy atom. The highest BCUT2D eigenvalue weighted by Gasteiger charge is 2.44. The highest BCUT2D eigenvalue weighted by atomic mass is 35.5. The number of anilines is 1. The van der Waals surface area contributed by atoms with Crippen molar-refractivity contribution in [1.29, 1.82) is 0 Å². The van der Waals surface area contributed by atoms with Crippen LogP contribution in [0.4, 0.5) is 15.3 Å². The van der Waals surface area contributed by atoms with Gasteiger partial charge in [0, 0.05) is 50.1 Å². The number of rotatable bonds is 6. The molecule has 0 aromatic heterocycles. The van der Waals surface area contributed by atoms with E-state index in [1.54, 1.807) is 34.2 Å². The first-order chi connectivity index (χ1) is 17.4. The number of hydrogen-bond acceptors (Lipinski definition) is 8. The number of piperazine rings is 1. The highest BCUT2D eigenvalue weighted by Crippen LogP contribution is 2.26. The van der Waals surface area contributed by atoms with Gasteiger partial charge in [-0.25, -0.2) is 19.6 Å². The van der Waals surface area contributed by atoms with Gasteiger partial charge in [0.1, 0.15) is 24.0 Å². The number of hydrazine groups is 1. The molecular weight excluding hydrogens is 504 g/mol. The number of hydrogen-bond donors (Lipinski definition) is 3. The van der Waals surface area contributed by atoms with Crippen LogP contribution in [-0.4, -0.2) is 107 Å². The summed E-state index contributed by atoms with van der Waals surface area (Å²) < 4.78 is 5.20. The zero-order valence-corrected chi connectivity index (χ0v) is 21.7. The Hall–Kier alpha value is -3.71. The molecule has 1 aromatic rings. The van der Waals surface area contributed by atoms with Crippen LogP contribution in [0, 0.1) is 0 Å². The molecule has 0 radical (unpaired) electrons. The standard InChI is InChI=1S/C23H31ClN8O5/c1-23(2,37-21(25)35)18(27-22(36)26-16-6-4-15(24)5-7-16)20(34)29-8-10-31(11-9-29)32-14-30-13-28(3)12-17(30)19(32)33/h4-7,12,18H,8-11,13-14H2,1-3H3,(H2,25,35)(H2,26,27,36). The van der Waals surface area contributed by atoms with Crippen molar-refractivity contribution in [2.75, 3.05) is 51.9 Å². The van der Waals surface area contributed by atoms with Crippen molar-refractivity contribution in [3.8, 4) is 0 Å². The maximum absolute atomic E-state index is 13.6. The Morgan fingerprint density at radius 3 is 2.32 bits per heavy atom. The minimum atomic E-state index is -1.44. The van der Waals surface area contributed by atoms with Crippen LogP contribution >= 0.6 is 11.6 Å². The molecule has 2 saturated heterocycles. The minimum Gasteiger partial charge on any atom is -0.441 e. The van der Waals surface area contributed by atoms with Crippen LogP contribution in [0.1, 0.15) is 13.8 Å². The molecule has 14 heteroatoms. The molecule has 5 amide bonds. The molecule has 3 aliphatic heterocycles. The Labute approximate surface area is 219 Å². The first-order valence-electron chi connectivity index (χ1n) is 11.8. The lowest BCUT2D eigenvalue weighted by Crippen LogP contribution is -2.64. The van der Waals surface area contributed by atoms with Gasteiger partial charge in [-0.05, 0) is 38.1 Å². The molecule has 0 saturated carbocycles. The van der Waals surface area contributed by atoms with E-state index in [1.807, 2.05) is 28.1 Å². The van der Waals surface area contributed by atoms with Crippen LogP contribution in [0.5, 0.6) is 0 Å². The summed E-state index contributed by atoms with van der Waals surface area (Å²) in [6.45, 7) is 5.58. The van der Waals surface area contributed by atoms with Gasteiger partial charge in [0.15, 0.2) is 0 Å². The maximum atomic E-state index is 13.6. The first-order valence-corrected chi connectivity index (χ1v) is 12.2. The average Bonchev–Trinajstić information content (AvgIpc) is 3.34. The number of nitrogens with zero attached hydrogens (tertiary/aromatic N) is 5. The van der Waals surface area contributed by atoms with Crippen molar-refractivity contribution < 1.29 is 23.9 Å². The predicted molar refractivity (Wildman–Crippen MR) is 135 cm³/mol. The number of nitrogens with two attached hydrogens (primary N) is 1. The number of halogens is 1. The van der Waals surface area contributed by atoms with Gasteiger partial charge in [0.05, 0.1) is 6.67 Å². The number of nitrogens with one attached hydrogen (secondary N) is 2. The molecule has 4 N–H and O–H groups in total. The summed E-state index contributed by atoms with van der Waals surface area (Å²) in [6.07, 6.45) is 0.759. The number of primary amides is 1. The Morgan fingerprint density at radius 2 is 1.73 bits per heavy atom. The number of benzene rings is 1. The van der Waals surface area contributed by atoms with E-state index >= 15 is 0 Å². The third kappa shape index (κ3) is 5.83. The highest BCUT2D eigenvalue weighted by molar-refractivity contribution is 6.30. The molecule has 0 aliphatic carbocycles. The van der Waals surface area contributed by atoms with Gasteiger partial charge in [-0.1, -0.05) is 11.6 Å². The van der Waals surface area contributed by atoms with Crippen LogP contribution in [0.3, 0.4) is 0 Å². The van der Waals surface area contributed by atoms with Crippen molar-refractivity contribution in [3.63, 3.8) is 0 Å². The van der Waals surface area contributed by atoms with Crippen molar-refractivity contribution in [1.82, 2.24) is 30.0 Å². The molecule has 3 heterocycles. The molecular formula is C23H31ClN8O5. The van der Waals surface area contributed by atoms with Crippen molar-refractivity contribution in [2.24, 2.45) is 5.73 Å². The van der Waals surface area contributed by atoms with Crippen molar-refractivity contribution >= 4 is 41.2 Å². The molecule has 3 aliphatic rings. The molecule has 0 spiro atoms. The van der Waals surface area contributed by atoms with E-state index in [0.29, 0.717) is 55.9 Å². The van der Waals surface area contributed by atoms with Gasteiger partial charge < -0.3 is 35.8 Å². The average molecular weight is 535 g/mol. The van der Waals surface area contributed by atoms with E-state index in [2.05, 4.69) is 10.6 Å². The SMILES string of the molecule is CN1C=C2C(=O)N(N3CCN(C(=O)C(NC(=O)Nc4ccc(Cl)cc4)C(C)(C)OC(N)=O)CC3)CN2C1. The van der Waals surface area contributed by atoms with Gasteiger partial charge >= 0.3 is 12.1 Å². The Kier molecular flexibility index (Phi) is 7.37. The number of amides is 5. The summed E-state index contributed by atoms with van der Waals surface area (Å²) in [6, 6.07) is 4.57. The molecule has 200 valence electrons. The van der Waals surface area contributed by atoms with Gasteiger partial charge in [-0.2, -0.15) is 0 Å². The van der Waals surface area contributed by atoms with Crippen LogP contribution in [-0.2, 0) is 14.3 Å². The zero-order chi connectivity index (χ0) is 26.9. The van der Waals surface area contributed by atoms with Gasteiger partial charge in [-0.15, -0.1) is 0 Å². The van der Waals surface area contributed by atoms with Crippen LogP contribution < -0.4 is 16.4 Å². The fourth-order valence-electron chi connectivity index (χ4n) is 4.59. The van der Waals surface area contributed by atoms with E-state index in [0.717, 1.165) is 0 Å². The number of ether oxygens (including phenoxy) is 1. The molecule has 1 aromatic carbocycles. The second-order valence-electron chi connectivity index (χ2n) is 9.64. The van der Waals surface area contributed by atoms with Crippen LogP contribution in [0.25, 0.3) is 0 Å². The second-order valence-corrected chi connectivity index (χ2v) is 10.1. The summed E-state index contributed by atoms with van der Waals surface area (Å²) in [5, 5.41) is 9.38. The largest absolute Gasteiger partial charge is 0.441 e. The fraction of sp³-hybridized carbons (Fsp3) is 0.478. The van der Waals surface area contributed by atoms with E-state index < -0.39 is 29.7 Å². The molecule has 0 bridgehead atoms. The summed E-state index contributed by atoms with van der Waals surface area (Å²) in [4.78, 5) is 56.2. The van der Waals surface area contributed by atoms with Gasteiger partial charge in [-0.3, -0.25) is 9.59 Å². The van der Waals surface area contributed by atoms with Crippen LogP contribution in [0.2, 0.25) is 5.02 Å². The van der Waals surface area contributed by atoms with E-state index in [-0.39, 0.29) is 5.91 Å². The summed E-state index contributed by atoms with van der Waals surface area (Å²) in [7, 11) is 1.91. The smallest absolute Gasteiger partial charge is 0.405 e. The van der Waals surface area contributed by atoms with Crippen molar-refractivity contribution in [3.05, 3.63) is 41.2 Å². The second kappa shape index (κ2) is 10.3. The third-order valence-corrected chi connectivity index (χ3v) is 6.68. The molecule has 37 heavy (non-hydrogen) atoms. The van der Waals surface area contributed by atoms with E-state index in [9.17, 15) is 19.2 Å². The Balaban J connectivity index is 1.41. The predicted octanol–water partition coefficient (Wildman–Crippen LogP) is 0.609. The molecule has 2 fully saturated rings. The summed E-state index contributed by atoms with van der Waals surface area (Å²) >= 11 is 5.89. The quantitative estimate of drug-likeness (QED) is 0.481. The monoisotopic (exact) mass is 534 g/mol. The number of carbonyl (C=O) groups excluding carboxylic acids is 4. The lowest BCUT2D eigenvalue weighted by Gasteiger charge is -2.42. The van der Waals surface area contributed by atoms with Crippen LogP contribution in [0.15, 0.2) is 36.2 Å². The molecule has 4 rings (SSSR count). The van der Waals surface area contributed by atoms with E-state index in [1.165, 1.54) is 13.8 Å². The maximum Gasteiger partial charge on any atom is 0.405 e. The Bertz CT molecular complexity index is 1100. The summed E-state index contributed by atoms with van der Waals surface area (Å²) in [5.74, 6) is -0.506. The molecule has 13 nitrogen and oxygen atoms in total. The molecule has 1 atom stereocenters. The molecule has 1 unspecified atom stereocenters. The summed E-state index contributed by atoms with van der Waals surface area (Å²) in [5.41, 5.74) is 4.91. The topological polar surface area (TPSA) is 144 Å². The number of carbonyl (C=O) groups is 4. The van der Waals surface area contributed by atoms with Crippen molar-refractivity contribution in [2.45, 2.75) is 25.5 Å². The number of fused-ring (bicyclic) bond motifs is 1. The van der Waals surface area contributed by atoms with E-state index in [4.69, 9.17) is 22.1 Å². The lowest BCUT2D eigenvalue weighted by molar-refractivity contribution is -0.151. The zero-order valence-electron chi connectivity index (χ0n) is 20.9. The minimum absolute atomic E-state index is 0.0708.